The standard InChI is InChI=1S/C9H13FN2O2S.ClH/c1-7(6-11)12-15(13,14)9-5-3-2-4-8(9)10;/h2-5,7,12H,6,11H2,1H3;1H/t7-;/m0./s1. The summed E-state index contributed by atoms with van der Waals surface area (Å²) in [6, 6.07) is 4.78. The summed E-state index contributed by atoms with van der Waals surface area (Å²) in [6.45, 7) is 1.77. The second-order valence-electron chi connectivity index (χ2n) is 3.19. The molecule has 3 N–H and O–H groups in total. The lowest BCUT2D eigenvalue weighted by atomic mass is 10.3. The summed E-state index contributed by atoms with van der Waals surface area (Å²) in [7, 11) is -3.81. The Morgan fingerprint density at radius 3 is 2.50 bits per heavy atom. The number of rotatable bonds is 4. The van der Waals surface area contributed by atoms with Crippen LogP contribution in [0.1, 0.15) is 6.92 Å². The van der Waals surface area contributed by atoms with Crippen LogP contribution in [-0.4, -0.2) is 21.0 Å². The summed E-state index contributed by atoms with van der Waals surface area (Å²) in [5.74, 6) is -0.769. The van der Waals surface area contributed by atoms with Gasteiger partial charge in [-0.3, -0.25) is 0 Å². The molecule has 0 aliphatic rings. The molecule has 1 aromatic carbocycles. The maximum absolute atomic E-state index is 13.2. The molecule has 0 saturated heterocycles. The van der Waals surface area contributed by atoms with E-state index in [1.807, 2.05) is 0 Å². The van der Waals surface area contributed by atoms with E-state index >= 15 is 0 Å². The highest BCUT2D eigenvalue weighted by Gasteiger charge is 2.19. The Morgan fingerprint density at radius 2 is 2.00 bits per heavy atom. The van der Waals surface area contributed by atoms with Crippen LogP contribution >= 0.6 is 12.4 Å². The molecule has 0 spiro atoms. The van der Waals surface area contributed by atoms with Crippen molar-refractivity contribution in [2.45, 2.75) is 17.9 Å². The lowest BCUT2D eigenvalue weighted by Gasteiger charge is -2.12. The number of benzene rings is 1. The smallest absolute Gasteiger partial charge is 0.243 e. The molecular formula is C9H14ClFN2O2S. The van der Waals surface area contributed by atoms with Crippen molar-refractivity contribution in [3.63, 3.8) is 0 Å². The number of hydrogen-bond donors (Lipinski definition) is 2. The molecule has 0 aromatic heterocycles. The van der Waals surface area contributed by atoms with Gasteiger partial charge in [0.15, 0.2) is 0 Å². The Bertz CT molecular complexity index is 439. The molecule has 0 aliphatic heterocycles. The van der Waals surface area contributed by atoms with E-state index in [4.69, 9.17) is 5.73 Å². The Kier molecular flexibility index (Phi) is 5.88. The predicted molar refractivity (Wildman–Crippen MR) is 62.5 cm³/mol. The van der Waals surface area contributed by atoms with E-state index in [9.17, 15) is 12.8 Å². The SMILES string of the molecule is C[C@@H](CN)NS(=O)(=O)c1ccccc1F.Cl. The molecule has 0 heterocycles. The summed E-state index contributed by atoms with van der Waals surface area (Å²) in [5.41, 5.74) is 5.27. The van der Waals surface area contributed by atoms with Crippen LogP contribution in [0.3, 0.4) is 0 Å². The first-order valence-electron chi connectivity index (χ1n) is 4.44. The number of halogens is 2. The van der Waals surface area contributed by atoms with Gasteiger partial charge in [0.25, 0.3) is 0 Å². The third-order valence-corrected chi connectivity index (χ3v) is 3.46. The number of nitrogens with one attached hydrogen (secondary N) is 1. The molecule has 16 heavy (non-hydrogen) atoms. The molecule has 1 rings (SSSR count). The van der Waals surface area contributed by atoms with Gasteiger partial charge in [-0.1, -0.05) is 12.1 Å². The van der Waals surface area contributed by atoms with Crippen molar-refractivity contribution in [3.05, 3.63) is 30.1 Å². The maximum atomic E-state index is 13.2. The minimum atomic E-state index is -3.81. The van der Waals surface area contributed by atoms with Crippen LogP contribution in [0.15, 0.2) is 29.2 Å². The summed E-state index contributed by atoms with van der Waals surface area (Å²) >= 11 is 0. The zero-order chi connectivity index (χ0) is 11.5. The zero-order valence-corrected chi connectivity index (χ0v) is 10.3. The molecule has 0 amide bonds. The van der Waals surface area contributed by atoms with Crippen molar-refractivity contribution in [2.75, 3.05) is 6.54 Å². The van der Waals surface area contributed by atoms with Gasteiger partial charge in [0.05, 0.1) is 0 Å². The van der Waals surface area contributed by atoms with E-state index < -0.39 is 21.9 Å². The van der Waals surface area contributed by atoms with Crippen LogP contribution < -0.4 is 10.5 Å². The van der Waals surface area contributed by atoms with Crippen molar-refractivity contribution in [1.82, 2.24) is 4.72 Å². The quantitative estimate of drug-likeness (QED) is 0.851. The van der Waals surface area contributed by atoms with Gasteiger partial charge in [0, 0.05) is 12.6 Å². The van der Waals surface area contributed by atoms with Crippen LogP contribution in [-0.2, 0) is 10.0 Å². The summed E-state index contributed by atoms with van der Waals surface area (Å²) < 4.78 is 38.7. The Morgan fingerprint density at radius 1 is 1.44 bits per heavy atom. The first kappa shape index (κ1) is 15.3. The third-order valence-electron chi connectivity index (χ3n) is 1.84. The summed E-state index contributed by atoms with van der Waals surface area (Å²) in [6.07, 6.45) is 0. The van der Waals surface area contributed by atoms with Crippen LogP contribution in [0.25, 0.3) is 0 Å². The van der Waals surface area contributed by atoms with Gasteiger partial charge < -0.3 is 5.73 Å². The molecule has 1 aromatic rings. The number of sulfonamides is 1. The van der Waals surface area contributed by atoms with Crippen molar-refractivity contribution in [1.29, 1.82) is 0 Å². The Balaban J connectivity index is 0.00000225. The average molecular weight is 269 g/mol. The highest BCUT2D eigenvalue weighted by Crippen LogP contribution is 2.13. The lowest BCUT2D eigenvalue weighted by molar-refractivity contribution is 0.544. The molecule has 0 saturated carbocycles. The zero-order valence-electron chi connectivity index (χ0n) is 8.68. The van der Waals surface area contributed by atoms with E-state index in [2.05, 4.69) is 4.72 Å². The van der Waals surface area contributed by atoms with E-state index in [0.717, 1.165) is 6.07 Å². The van der Waals surface area contributed by atoms with Gasteiger partial charge in [0.2, 0.25) is 10.0 Å². The van der Waals surface area contributed by atoms with Crippen molar-refractivity contribution < 1.29 is 12.8 Å². The molecule has 0 bridgehead atoms. The highest BCUT2D eigenvalue weighted by molar-refractivity contribution is 7.89. The van der Waals surface area contributed by atoms with E-state index in [1.165, 1.54) is 18.2 Å². The van der Waals surface area contributed by atoms with Crippen molar-refractivity contribution in [2.24, 2.45) is 5.73 Å². The molecule has 1 atom stereocenters. The summed E-state index contributed by atoms with van der Waals surface area (Å²) in [5, 5.41) is 0. The van der Waals surface area contributed by atoms with Crippen LogP contribution in [0.4, 0.5) is 4.39 Å². The van der Waals surface area contributed by atoms with Crippen LogP contribution in [0.2, 0.25) is 0 Å². The van der Waals surface area contributed by atoms with Gasteiger partial charge in [-0.15, -0.1) is 12.4 Å². The van der Waals surface area contributed by atoms with Crippen LogP contribution in [0, 0.1) is 5.82 Å². The number of hydrogen-bond acceptors (Lipinski definition) is 3. The fraction of sp³-hybridized carbons (Fsp3) is 0.333. The Hall–Kier alpha value is -0.690. The topological polar surface area (TPSA) is 72.2 Å². The summed E-state index contributed by atoms with van der Waals surface area (Å²) in [4.78, 5) is -0.356. The van der Waals surface area contributed by atoms with Crippen molar-refractivity contribution in [3.8, 4) is 0 Å². The molecular weight excluding hydrogens is 255 g/mol. The molecule has 7 heteroatoms. The van der Waals surface area contributed by atoms with Crippen molar-refractivity contribution >= 4 is 22.4 Å². The fourth-order valence-corrected chi connectivity index (χ4v) is 2.37. The molecule has 92 valence electrons. The van der Waals surface area contributed by atoms with Gasteiger partial charge in [-0.2, -0.15) is 0 Å². The van der Waals surface area contributed by atoms with Gasteiger partial charge in [0.1, 0.15) is 10.7 Å². The fourth-order valence-electron chi connectivity index (χ4n) is 1.04. The number of nitrogens with two attached hydrogens (primary N) is 1. The molecule has 4 nitrogen and oxygen atoms in total. The van der Waals surface area contributed by atoms with Gasteiger partial charge in [-0.25, -0.2) is 17.5 Å². The Labute approximate surface area is 100 Å². The third kappa shape index (κ3) is 3.71. The van der Waals surface area contributed by atoms with E-state index in [1.54, 1.807) is 6.92 Å². The van der Waals surface area contributed by atoms with E-state index in [0.29, 0.717) is 0 Å². The van der Waals surface area contributed by atoms with Gasteiger partial charge >= 0.3 is 0 Å². The predicted octanol–water partition coefficient (Wildman–Crippen LogP) is 0.873. The second-order valence-corrected chi connectivity index (χ2v) is 4.87. The second kappa shape index (κ2) is 6.15. The minimum absolute atomic E-state index is 0. The molecule has 0 radical (unpaired) electrons. The first-order chi connectivity index (χ1) is 6.97. The molecule has 0 fully saturated rings. The normalized spacial score (nSPS) is 12.9. The first-order valence-corrected chi connectivity index (χ1v) is 5.92. The molecule has 0 aliphatic carbocycles. The largest absolute Gasteiger partial charge is 0.329 e. The van der Waals surface area contributed by atoms with Gasteiger partial charge in [-0.05, 0) is 19.1 Å². The monoisotopic (exact) mass is 268 g/mol. The maximum Gasteiger partial charge on any atom is 0.243 e. The average Bonchev–Trinajstić information content (AvgIpc) is 2.17. The highest BCUT2D eigenvalue weighted by atomic mass is 35.5. The molecule has 0 unspecified atom stereocenters. The van der Waals surface area contributed by atoms with Crippen LogP contribution in [0.5, 0.6) is 0 Å². The minimum Gasteiger partial charge on any atom is -0.329 e. The van der Waals surface area contributed by atoms with E-state index in [-0.39, 0.29) is 23.8 Å². The lowest BCUT2D eigenvalue weighted by Crippen LogP contribution is -2.38.